The number of hydrogen-bond acceptors (Lipinski definition) is 11. The summed E-state index contributed by atoms with van der Waals surface area (Å²) in [4.78, 5) is 58.7. The maximum Gasteiger partial charge on any atom is 0.251 e. The molecule has 336 valence electrons. The first-order chi connectivity index (χ1) is 29.8. The van der Waals surface area contributed by atoms with Crippen molar-refractivity contribution in [3.63, 3.8) is 0 Å². The van der Waals surface area contributed by atoms with Gasteiger partial charge < -0.3 is 40.7 Å². The molecule has 1 aromatic heterocycles. The predicted octanol–water partition coefficient (Wildman–Crippen LogP) is 5.50. The van der Waals surface area contributed by atoms with Crippen LogP contribution in [0, 0.1) is 38.9 Å². The molecular formula is C47H59ClN8O7. The fourth-order valence-corrected chi connectivity index (χ4v) is 8.89. The van der Waals surface area contributed by atoms with Crippen molar-refractivity contribution in [2.75, 3.05) is 31.6 Å². The smallest absolute Gasteiger partial charge is 0.251 e. The highest BCUT2D eigenvalue weighted by Gasteiger charge is 2.64. The number of benzene rings is 2. The summed E-state index contributed by atoms with van der Waals surface area (Å²) in [5, 5.41) is 41.1. The third-order valence-corrected chi connectivity index (χ3v) is 12.1. The number of anilines is 1. The Morgan fingerprint density at radius 2 is 1.70 bits per heavy atom. The van der Waals surface area contributed by atoms with Gasteiger partial charge in [0.25, 0.3) is 5.91 Å². The molecule has 2 heterocycles. The van der Waals surface area contributed by atoms with Crippen LogP contribution in [0.5, 0.6) is 5.75 Å². The number of nitriles is 2. The van der Waals surface area contributed by atoms with Crippen molar-refractivity contribution in [2.24, 2.45) is 16.2 Å². The molecule has 5 N–H and O–H groups in total. The molecule has 16 heteroatoms. The Balaban J connectivity index is 0.991. The molecule has 0 spiro atoms. The van der Waals surface area contributed by atoms with Crippen LogP contribution in [0.15, 0.2) is 60.8 Å². The van der Waals surface area contributed by atoms with Gasteiger partial charge in [0.05, 0.1) is 16.7 Å². The number of rotatable bonds is 18. The predicted molar refractivity (Wildman–Crippen MR) is 237 cm³/mol. The lowest BCUT2D eigenvalue weighted by atomic mass is 9.49. The summed E-state index contributed by atoms with van der Waals surface area (Å²) >= 11 is 6.23. The van der Waals surface area contributed by atoms with Crippen LogP contribution in [0.4, 0.5) is 5.69 Å². The number of carbonyl (C=O) groups excluding carboxylic acids is 4. The fraction of sp³-hybridized carbons (Fsp3) is 0.511. The van der Waals surface area contributed by atoms with Gasteiger partial charge in [0.15, 0.2) is 0 Å². The van der Waals surface area contributed by atoms with E-state index in [0.29, 0.717) is 40.6 Å². The Morgan fingerprint density at radius 3 is 2.32 bits per heavy atom. The van der Waals surface area contributed by atoms with Crippen LogP contribution in [0.3, 0.4) is 0 Å². The molecule has 1 unspecified atom stereocenters. The Morgan fingerprint density at radius 1 is 0.984 bits per heavy atom. The summed E-state index contributed by atoms with van der Waals surface area (Å²) in [5.74, 6) is -0.954. The van der Waals surface area contributed by atoms with Crippen molar-refractivity contribution in [2.45, 2.75) is 111 Å². The Labute approximate surface area is 374 Å². The lowest BCUT2D eigenvalue weighted by molar-refractivity contribution is -0.164. The van der Waals surface area contributed by atoms with Gasteiger partial charge in [-0.3, -0.25) is 19.2 Å². The highest BCUT2D eigenvalue weighted by Crippen LogP contribution is 2.55. The number of nitrogens with zero attached hydrogens (tertiary/aromatic N) is 4. The fourth-order valence-electron chi connectivity index (χ4n) is 8.68. The van der Waals surface area contributed by atoms with Gasteiger partial charge in [-0.05, 0) is 72.7 Å². The van der Waals surface area contributed by atoms with E-state index in [4.69, 9.17) is 26.3 Å². The van der Waals surface area contributed by atoms with Crippen molar-refractivity contribution < 1.29 is 33.8 Å². The monoisotopic (exact) mass is 882 g/mol. The Bertz CT molecular complexity index is 2180. The van der Waals surface area contributed by atoms with Crippen molar-refractivity contribution in [1.29, 1.82) is 10.5 Å². The van der Waals surface area contributed by atoms with Crippen LogP contribution in [0.1, 0.15) is 101 Å². The molecule has 63 heavy (non-hydrogen) atoms. The lowest BCUT2D eigenvalue weighted by Crippen LogP contribution is -2.74. The number of nitrogens with one attached hydrogen (secondary N) is 4. The van der Waals surface area contributed by atoms with Crippen molar-refractivity contribution in [3.8, 4) is 17.9 Å². The number of likely N-dealkylation sites (tertiary alicyclic amines) is 1. The maximum absolute atomic E-state index is 13.8. The van der Waals surface area contributed by atoms with E-state index in [2.05, 4.69) is 60.0 Å². The van der Waals surface area contributed by atoms with E-state index >= 15 is 0 Å². The number of β-amino-alcohol motifs (C(OH)–C–C–N with tert-alkyl or cyclic N) is 1. The highest BCUT2D eigenvalue weighted by atomic mass is 35.5. The van der Waals surface area contributed by atoms with Crippen LogP contribution in [0.2, 0.25) is 5.02 Å². The van der Waals surface area contributed by atoms with E-state index in [-0.39, 0.29) is 60.7 Å². The number of halogens is 1. The molecule has 0 radical (unpaired) electrons. The lowest BCUT2D eigenvalue weighted by Gasteiger charge is -2.63. The Kier molecular flexibility index (Phi) is 15.8. The average Bonchev–Trinajstić information content (AvgIpc) is 3.65. The van der Waals surface area contributed by atoms with Gasteiger partial charge in [-0.15, -0.1) is 0 Å². The van der Waals surface area contributed by atoms with Gasteiger partial charge in [-0.2, -0.15) is 10.5 Å². The SMILES string of the molecule is CC(C)(C)C(NC(=O)COCCCCCNc1ccc(C(=O)NC2C(C)(C)C(Oc3ccc(C#N)c(Cl)c3)C2(C)C)cc1)C(=O)N1C[C@H](O)C[C@H]1C(=O)NCc1ccc(C#N)nc1. The Hall–Kier alpha value is -5.74. The zero-order chi connectivity index (χ0) is 46.1. The number of aliphatic hydroxyl groups excluding tert-OH is 1. The molecule has 1 aliphatic carbocycles. The van der Waals surface area contributed by atoms with Crippen LogP contribution in [-0.2, 0) is 25.7 Å². The van der Waals surface area contributed by atoms with Crippen LogP contribution in [0.25, 0.3) is 0 Å². The second-order valence-corrected chi connectivity index (χ2v) is 19.0. The summed E-state index contributed by atoms with van der Waals surface area (Å²) in [6.07, 6.45) is 2.87. The van der Waals surface area contributed by atoms with Gasteiger partial charge in [0, 0.05) is 73.0 Å². The summed E-state index contributed by atoms with van der Waals surface area (Å²) in [6.45, 7) is 14.6. The van der Waals surface area contributed by atoms with Gasteiger partial charge in [0.1, 0.15) is 48.4 Å². The van der Waals surface area contributed by atoms with E-state index in [1.165, 1.54) is 11.1 Å². The number of aliphatic hydroxyl groups is 1. The molecule has 2 fully saturated rings. The molecule has 1 aliphatic heterocycles. The van der Waals surface area contributed by atoms with Crippen molar-refractivity contribution in [1.82, 2.24) is 25.8 Å². The average molecular weight is 883 g/mol. The number of hydrogen-bond donors (Lipinski definition) is 5. The van der Waals surface area contributed by atoms with Crippen molar-refractivity contribution in [3.05, 3.63) is 88.2 Å². The quantitative estimate of drug-likeness (QED) is 0.101. The van der Waals surface area contributed by atoms with Gasteiger partial charge in [-0.25, -0.2) is 4.98 Å². The normalized spacial score (nSPS) is 20.3. The molecule has 1 saturated carbocycles. The summed E-state index contributed by atoms with van der Waals surface area (Å²) in [6, 6.07) is 17.5. The minimum absolute atomic E-state index is 0.0401. The first-order valence-corrected chi connectivity index (χ1v) is 21.6. The number of pyridine rings is 1. The van der Waals surface area contributed by atoms with Gasteiger partial charge in [-0.1, -0.05) is 66.1 Å². The minimum atomic E-state index is -0.968. The molecule has 3 aromatic rings. The van der Waals surface area contributed by atoms with E-state index in [0.717, 1.165) is 24.9 Å². The zero-order valence-electron chi connectivity index (χ0n) is 37.1. The standard InChI is InChI=1S/C47H59ClN8O7/c1-45(2,3)39(42(61)56-27-34(57)21-37(56)41(60)53-26-29-11-15-33(24-50)52-25-29)54-38(58)28-62-20-10-8-9-19-51-32-16-12-30(13-17-32)40(59)55-43-46(4,5)44(47(43,6)7)63-35-18-14-31(23-49)36(48)22-35/h11-18,22,25,34,37,39,43-44,51,57H,8-10,19-21,26-28H2,1-7H3,(H,53,60)(H,54,58)(H,55,59)/t34-,37+,39?,43?,44?/m1/s1. The van der Waals surface area contributed by atoms with E-state index < -0.39 is 41.3 Å². The number of aromatic nitrogens is 1. The maximum atomic E-state index is 13.8. The van der Waals surface area contributed by atoms with Crippen LogP contribution < -0.4 is 26.0 Å². The van der Waals surface area contributed by atoms with Crippen LogP contribution in [-0.4, -0.2) is 95.3 Å². The van der Waals surface area contributed by atoms with Crippen molar-refractivity contribution >= 4 is 40.9 Å². The first-order valence-electron chi connectivity index (χ1n) is 21.3. The molecule has 3 atom stereocenters. The molecule has 2 aromatic carbocycles. The number of unbranched alkanes of at least 4 members (excludes halogenated alkanes) is 2. The summed E-state index contributed by atoms with van der Waals surface area (Å²) in [5.41, 5.74) is 1.29. The van der Waals surface area contributed by atoms with Crippen LogP contribution >= 0.6 is 11.6 Å². The molecule has 4 amide bonds. The molecular weight excluding hydrogens is 824 g/mol. The molecule has 0 bridgehead atoms. The minimum Gasteiger partial charge on any atom is -0.489 e. The van der Waals surface area contributed by atoms with E-state index in [9.17, 15) is 29.5 Å². The molecule has 2 aliphatic rings. The molecule has 1 saturated heterocycles. The summed E-state index contributed by atoms with van der Waals surface area (Å²) < 4.78 is 12.0. The second-order valence-electron chi connectivity index (χ2n) is 18.6. The van der Waals surface area contributed by atoms with Gasteiger partial charge in [0.2, 0.25) is 17.7 Å². The highest BCUT2D eigenvalue weighted by molar-refractivity contribution is 6.31. The number of carbonyl (C=O) groups is 4. The summed E-state index contributed by atoms with van der Waals surface area (Å²) in [7, 11) is 0. The second kappa shape index (κ2) is 20.6. The van der Waals surface area contributed by atoms with Gasteiger partial charge >= 0.3 is 0 Å². The van der Waals surface area contributed by atoms with E-state index in [1.807, 2.05) is 39.0 Å². The number of amides is 4. The first kappa shape index (κ1) is 48.3. The third-order valence-electron chi connectivity index (χ3n) is 11.8. The third kappa shape index (κ3) is 12.0. The molecule has 15 nitrogen and oxygen atoms in total. The topological polar surface area (TPSA) is 219 Å². The van der Waals surface area contributed by atoms with E-state index in [1.54, 1.807) is 42.5 Å². The number of ether oxygens (including phenoxy) is 2. The molecule has 5 rings (SSSR count). The zero-order valence-corrected chi connectivity index (χ0v) is 37.8. The largest absolute Gasteiger partial charge is 0.489 e.